The van der Waals surface area contributed by atoms with Crippen LogP contribution in [0.2, 0.25) is 0 Å². The van der Waals surface area contributed by atoms with Crippen LogP contribution >= 0.6 is 0 Å². The molecule has 0 aromatic rings. The molecular formula is C14H30N2. The summed E-state index contributed by atoms with van der Waals surface area (Å²) >= 11 is 0. The number of hydrogen-bond acceptors (Lipinski definition) is 2. The van der Waals surface area contributed by atoms with Gasteiger partial charge < -0.3 is 4.90 Å². The van der Waals surface area contributed by atoms with E-state index in [9.17, 15) is 0 Å². The van der Waals surface area contributed by atoms with Crippen molar-refractivity contribution in [2.45, 2.75) is 66.2 Å². The number of unbranched alkanes of at least 4 members (excludes halogenated alkanes) is 3. The molecule has 0 unspecified atom stereocenters. The van der Waals surface area contributed by atoms with Gasteiger partial charge in [-0.05, 0) is 38.9 Å². The van der Waals surface area contributed by atoms with E-state index in [1.54, 1.807) is 6.07 Å². The standard InChI is InChI=1S/C12H27N.C2H3N/c1-4-7-10-13(11-8-5-2)12-9-6-3;1-2-3/h4-12H2,1-3H3;1H3. The van der Waals surface area contributed by atoms with Crippen molar-refractivity contribution in [1.29, 1.82) is 5.26 Å². The van der Waals surface area contributed by atoms with Gasteiger partial charge in [0.15, 0.2) is 0 Å². The van der Waals surface area contributed by atoms with Crippen molar-refractivity contribution in [1.82, 2.24) is 4.90 Å². The van der Waals surface area contributed by atoms with E-state index in [4.69, 9.17) is 5.26 Å². The number of rotatable bonds is 9. The van der Waals surface area contributed by atoms with Gasteiger partial charge in [0.25, 0.3) is 0 Å². The topological polar surface area (TPSA) is 27.0 Å². The average molecular weight is 226 g/mol. The number of hydrogen-bond donors (Lipinski definition) is 0. The Kier molecular flexibility index (Phi) is 18.8. The van der Waals surface area contributed by atoms with E-state index in [1.165, 1.54) is 65.1 Å². The van der Waals surface area contributed by atoms with Crippen LogP contribution in [0.5, 0.6) is 0 Å². The highest BCUT2D eigenvalue weighted by molar-refractivity contribution is 4.57. The molecule has 16 heavy (non-hydrogen) atoms. The summed E-state index contributed by atoms with van der Waals surface area (Å²) in [6, 6.07) is 1.75. The van der Waals surface area contributed by atoms with Crippen LogP contribution in [0.4, 0.5) is 0 Å². The maximum Gasteiger partial charge on any atom is 0.0587 e. The zero-order chi connectivity index (χ0) is 12.6. The lowest BCUT2D eigenvalue weighted by atomic mass is 10.2. The molecule has 0 aromatic carbocycles. The van der Waals surface area contributed by atoms with Gasteiger partial charge in [-0.25, -0.2) is 0 Å². The summed E-state index contributed by atoms with van der Waals surface area (Å²) in [5.41, 5.74) is 0. The molecule has 0 spiro atoms. The molecule has 0 aromatic heterocycles. The Bertz CT molecular complexity index is 130. The Morgan fingerprint density at radius 3 is 1.25 bits per heavy atom. The Hall–Kier alpha value is -0.550. The van der Waals surface area contributed by atoms with Gasteiger partial charge in [0, 0.05) is 6.92 Å². The van der Waals surface area contributed by atoms with Crippen molar-refractivity contribution >= 4 is 0 Å². The maximum absolute atomic E-state index is 7.32. The van der Waals surface area contributed by atoms with Crippen molar-refractivity contribution in [3.8, 4) is 6.07 Å². The van der Waals surface area contributed by atoms with Crippen molar-refractivity contribution in [3.63, 3.8) is 0 Å². The first-order valence-corrected chi connectivity index (χ1v) is 6.79. The first-order chi connectivity index (χ1) is 7.76. The molecule has 0 heterocycles. The summed E-state index contributed by atoms with van der Waals surface area (Å²) in [5, 5.41) is 7.32. The van der Waals surface area contributed by atoms with Crippen LogP contribution in [-0.4, -0.2) is 24.5 Å². The van der Waals surface area contributed by atoms with Gasteiger partial charge in [-0.3, -0.25) is 0 Å². The highest BCUT2D eigenvalue weighted by Gasteiger charge is 2.01. The third-order valence-corrected chi connectivity index (χ3v) is 2.48. The molecule has 96 valence electrons. The second-order valence-corrected chi connectivity index (χ2v) is 4.13. The van der Waals surface area contributed by atoms with Gasteiger partial charge in [-0.2, -0.15) is 5.26 Å². The van der Waals surface area contributed by atoms with Gasteiger partial charge in [0.05, 0.1) is 6.07 Å². The fraction of sp³-hybridized carbons (Fsp3) is 0.929. The van der Waals surface area contributed by atoms with Crippen molar-refractivity contribution in [3.05, 3.63) is 0 Å². The maximum atomic E-state index is 7.32. The van der Waals surface area contributed by atoms with E-state index in [0.717, 1.165) is 0 Å². The second kappa shape index (κ2) is 16.9. The molecule has 0 rings (SSSR count). The molecule has 0 aliphatic heterocycles. The molecule has 0 bridgehead atoms. The lowest BCUT2D eigenvalue weighted by Crippen LogP contribution is -2.27. The van der Waals surface area contributed by atoms with Crippen LogP contribution in [0, 0.1) is 11.3 Å². The van der Waals surface area contributed by atoms with Gasteiger partial charge >= 0.3 is 0 Å². The van der Waals surface area contributed by atoms with E-state index >= 15 is 0 Å². The SMILES string of the molecule is CC#N.CCCCN(CCCC)CCCC. The normalized spacial score (nSPS) is 9.50. The Balaban J connectivity index is 0. The average Bonchev–Trinajstić information content (AvgIpc) is 2.29. The molecular weight excluding hydrogens is 196 g/mol. The summed E-state index contributed by atoms with van der Waals surface area (Å²) in [6.45, 7) is 12.2. The Labute approximate surface area is 103 Å². The highest BCUT2D eigenvalue weighted by Crippen LogP contribution is 2.01. The van der Waals surface area contributed by atoms with E-state index < -0.39 is 0 Å². The summed E-state index contributed by atoms with van der Waals surface area (Å²) < 4.78 is 0. The second-order valence-electron chi connectivity index (χ2n) is 4.13. The largest absolute Gasteiger partial charge is 0.303 e. The van der Waals surface area contributed by atoms with Crippen molar-refractivity contribution in [2.24, 2.45) is 0 Å². The van der Waals surface area contributed by atoms with Gasteiger partial charge in [0.1, 0.15) is 0 Å². The molecule has 0 amide bonds. The minimum absolute atomic E-state index is 1.32. The van der Waals surface area contributed by atoms with Gasteiger partial charge in [-0.1, -0.05) is 40.0 Å². The summed E-state index contributed by atoms with van der Waals surface area (Å²) in [5.74, 6) is 0. The molecule has 2 heteroatoms. The third kappa shape index (κ3) is 15.9. The zero-order valence-corrected chi connectivity index (χ0v) is 11.8. The molecule has 0 atom stereocenters. The Morgan fingerprint density at radius 1 is 0.812 bits per heavy atom. The van der Waals surface area contributed by atoms with Gasteiger partial charge in [0.2, 0.25) is 0 Å². The van der Waals surface area contributed by atoms with Crippen LogP contribution in [-0.2, 0) is 0 Å². The fourth-order valence-electron chi connectivity index (χ4n) is 1.48. The third-order valence-electron chi connectivity index (χ3n) is 2.48. The lowest BCUT2D eigenvalue weighted by Gasteiger charge is -2.21. The van der Waals surface area contributed by atoms with Crippen LogP contribution in [0.15, 0.2) is 0 Å². The zero-order valence-electron chi connectivity index (χ0n) is 11.8. The lowest BCUT2D eigenvalue weighted by molar-refractivity contribution is 0.261. The number of nitrogens with zero attached hydrogens (tertiary/aromatic N) is 2. The van der Waals surface area contributed by atoms with E-state index in [0.29, 0.717) is 0 Å². The highest BCUT2D eigenvalue weighted by atomic mass is 15.1. The molecule has 0 aliphatic rings. The van der Waals surface area contributed by atoms with Crippen LogP contribution < -0.4 is 0 Å². The molecule has 0 N–H and O–H groups in total. The van der Waals surface area contributed by atoms with E-state index in [2.05, 4.69) is 25.7 Å². The van der Waals surface area contributed by atoms with Crippen molar-refractivity contribution < 1.29 is 0 Å². The smallest absolute Gasteiger partial charge is 0.0587 e. The molecule has 0 saturated carbocycles. The summed E-state index contributed by atoms with van der Waals surface area (Å²) in [7, 11) is 0. The van der Waals surface area contributed by atoms with Crippen molar-refractivity contribution in [2.75, 3.05) is 19.6 Å². The van der Waals surface area contributed by atoms with Crippen LogP contribution in [0.25, 0.3) is 0 Å². The fourth-order valence-corrected chi connectivity index (χ4v) is 1.48. The molecule has 0 fully saturated rings. The minimum atomic E-state index is 1.32. The van der Waals surface area contributed by atoms with Crippen LogP contribution in [0.1, 0.15) is 66.2 Å². The Morgan fingerprint density at radius 2 is 1.06 bits per heavy atom. The predicted molar refractivity (Wildman–Crippen MR) is 72.5 cm³/mol. The van der Waals surface area contributed by atoms with Crippen LogP contribution in [0.3, 0.4) is 0 Å². The first kappa shape index (κ1) is 17.8. The minimum Gasteiger partial charge on any atom is -0.303 e. The molecule has 0 aliphatic carbocycles. The summed E-state index contributed by atoms with van der Waals surface area (Å²) in [6.07, 6.45) is 8.09. The molecule has 0 saturated heterocycles. The molecule has 0 radical (unpaired) electrons. The van der Waals surface area contributed by atoms with Gasteiger partial charge in [-0.15, -0.1) is 0 Å². The number of nitriles is 1. The first-order valence-electron chi connectivity index (χ1n) is 6.79. The predicted octanol–water partition coefficient (Wildman–Crippen LogP) is 4.22. The summed E-state index contributed by atoms with van der Waals surface area (Å²) in [4.78, 5) is 2.64. The quantitative estimate of drug-likeness (QED) is 0.588. The monoisotopic (exact) mass is 226 g/mol. The van der Waals surface area contributed by atoms with E-state index in [1.807, 2.05) is 0 Å². The molecule has 2 nitrogen and oxygen atoms in total. The van der Waals surface area contributed by atoms with E-state index in [-0.39, 0.29) is 0 Å².